The van der Waals surface area contributed by atoms with Gasteiger partial charge in [0.1, 0.15) is 11.6 Å². The summed E-state index contributed by atoms with van der Waals surface area (Å²) in [4.78, 5) is 12.4. The average Bonchev–Trinajstić information content (AvgIpc) is 3.09. The molecule has 0 saturated heterocycles. The van der Waals surface area contributed by atoms with E-state index in [1.165, 1.54) is 32.1 Å². The Morgan fingerprint density at radius 1 is 1.28 bits per heavy atom. The predicted molar refractivity (Wildman–Crippen MR) is 100.0 cm³/mol. The lowest BCUT2D eigenvalue weighted by Crippen LogP contribution is -2.13. The first-order valence-corrected chi connectivity index (χ1v) is 8.83. The first-order chi connectivity index (χ1) is 12.2. The molecule has 1 fully saturated rings. The number of carbonyl (C=O) groups is 1. The van der Waals surface area contributed by atoms with E-state index in [1.54, 1.807) is 6.08 Å². The Balaban J connectivity index is 1.72. The van der Waals surface area contributed by atoms with Crippen LogP contribution in [0.4, 0.5) is 5.69 Å². The van der Waals surface area contributed by atoms with Gasteiger partial charge in [0.25, 0.3) is 5.91 Å². The summed E-state index contributed by atoms with van der Waals surface area (Å²) in [6, 6.07) is 12.1. The van der Waals surface area contributed by atoms with Crippen molar-refractivity contribution < 1.29 is 4.79 Å². The maximum absolute atomic E-state index is 12.4. The molecule has 4 nitrogen and oxygen atoms in total. The van der Waals surface area contributed by atoms with E-state index in [-0.39, 0.29) is 11.5 Å². The van der Waals surface area contributed by atoms with E-state index >= 15 is 0 Å². The van der Waals surface area contributed by atoms with Crippen LogP contribution in [0.25, 0.3) is 6.08 Å². The maximum atomic E-state index is 12.4. The van der Waals surface area contributed by atoms with Gasteiger partial charge in [-0.1, -0.05) is 31.4 Å². The number of hydrogen-bond donors (Lipinski definition) is 1. The summed E-state index contributed by atoms with van der Waals surface area (Å²) in [5.41, 5.74) is 2.76. The van der Waals surface area contributed by atoms with Crippen molar-refractivity contribution in [3.8, 4) is 6.07 Å². The van der Waals surface area contributed by atoms with Gasteiger partial charge < -0.3 is 9.88 Å². The molecule has 128 valence electrons. The molecular weight excluding hydrogens is 310 g/mol. The standard InChI is InChI=1S/C21H23N3O/c1-16-6-5-7-19(12-16)23-21(25)18(14-22)13-17-10-11-24(15-17)20-8-3-2-4-9-20/h5-7,10-13,15,20H,2-4,8-9H2,1H3,(H,23,25)/b18-13+. The fourth-order valence-electron chi connectivity index (χ4n) is 3.36. The molecule has 0 unspecified atom stereocenters. The number of aromatic nitrogens is 1. The quantitative estimate of drug-likeness (QED) is 0.642. The molecule has 1 aliphatic rings. The number of carbonyl (C=O) groups excluding carboxylic acids is 1. The SMILES string of the molecule is Cc1cccc(NC(=O)/C(C#N)=C/c2ccn(C3CCCCC3)c2)c1. The number of nitriles is 1. The van der Waals surface area contributed by atoms with Crippen molar-refractivity contribution in [3.63, 3.8) is 0 Å². The summed E-state index contributed by atoms with van der Waals surface area (Å²) >= 11 is 0. The largest absolute Gasteiger partial charge is 0.351 e. The zero-order chi connectivity index (χ0) is 17.6. The first-order valence-electron chi connectivity index (χ1n) is 8.83. The number of amides is 1. The second kappa shape index (κ2) is 7.85. The van der Waals surface area contributed by atoms with Crippen LogP contribution in [0.1, 0.15) is 49.3 Å². The van der Waals surface area contributed by atoms with Gasteiger partial charge in [-0.2, -0.15) is 5.26 Å². The van der Waals surface area contributed by atoms with E-state index in [0.29, 0.717) is 11.7 Å². The number of rotatable bonds is 4. The Morgan fingerprint density at radius 2 is 2.08 bits per heavy atom. The van der Waals surface area contributed by atoms with Crippen molar-refractivity contribution in [1.29, 1.82) is 5.26 Å². The van der Waals surface area contributed by atoms with Crippen LogP contribution < -0.4 is 5.32 Å². The average molecular weight is 333 g/mol. The highest BCUT2D eigenvalue weighted by Gasteiger charge is 2.15. The van der Waals surface area contributed by atoms with Crippen molar-refractivity contribution in [2.45, 2.75) is 45.1 Å². The third-order valence-electron chi connectivity index (χ3n) is 4.69. The zero-order valence-corrected chi connectivity index (χ0v) is 14.5. The van der Waals surface area contributed by atoms with Gasteiger partial charge in [-0.3, -0.25) is 4.79 Å². The minimum Gasteiger partial charge on any atom is -0.351 e. The molecule has 25 heavy (non-hydrogen) atoms. The Bertz CT molecular complexity index is 820. The van der Waals surface area contributed by atoms with Gasteiger partial charge in [0, 0.05) is 24.1 Å². The van der Waals surface area contributed by atoms with E-state index in [2.05, 4.69) is 16.1 Å². The van der Waals surface area contributed by atoms with Crippen LogP contribution in [0.5, 0.6) is 0 Å². The van der Waals surface area contributed by atoms with Crippen molar-refractivity contribution in [2.75, 3.05) is 5.32 Å². The van der Waals surface area contributed by atoms with Crippen molar-refractivity contribution in [3.05, 3.63) is 59.4 Å². The van der Waals surface area contributed by atoms with Crippen molar-refractivity contribution in [2.24, 2.45) is 0 Å². The number of benzene rings is 1. The van der Waals surface area contributed by atoms with Crippen LogP contribution in [0, 0.1) is 18.3 Å². The fourth-order valence-corrected chi connectivity index (χ4v) is 3.36. The molecule has 0 radical (unpaired) electrons. The predicted octanol–water partition coefficient (Wildman–Crippen LogP) is 4.85. The summed E-state index contributed by atoms with van der Waals surface area (Å²) in [7, 11) is 0. The Morgan fingerprint density at radius 3 is 2.80 bits per heavy atom. The Labute approximate surface area is 148 Å². The summed E-state index contributed by atoms with van der Waals surface area (Å²) in [5, 5.41) is 12.1. The maximum Gasteiger partial charge on any atom is 0.266 e. The summed E-state index contributed by atoms with van der Waals surface area (Å²) in [6.07, 6.45) is 12.0. The van der Waals surface area contributed by atoms with Crippen LogP contribution in [-0.4, -0.2) is 10.5 Å². The molecular formula is C21H23N3O. The summed E-state index contributed by atoms with van der Waals surface area (Å²) < 4.78 is 2.22. The van der Waals surface area contributed by atoms with E-state index in [1.807, 2.05) is 49.5 Å². The lowest BCUT2D eigenvalue weighted by molar-refractivity contribution is -0.112. The van der Waals surface area contributed by atoms with E-state index in [9.17, 15) is 10.1 Å². The second-order valence-corrected chi connectivity index (χ2v) is 6.68. The number of aryl methyl sites for hydroxylation is 1. The molecule has 1 heterocycles. The third kappa shape index (κ3) is 4.39. The second-order valence-electron chi connectivity index (χ2n) is 6.68. The van der Waals surface area contributed by atoms with Gasteiger partial charge in [0.2, 0.25) is 0 Å². The lowest BCUT2D eigenvalue weighted by Gasteiger charge is -2.23. The number of nitrogens with one attached hydrogen (secondary N) is 1. The van der Waals surface area contributed by atoms with Crippen molar-refractivity contribution >= 4 is 17.7 Å². The third-order valence-corrected chi connectivity index (χ3v) is 4.69. The number of anilines is 1. The highest BCUT2D eigenvalue weighted by molar-refractivity contribution is 6.09. The van der Waals surface area contributed by atoms with Gasteiger partial charge in [0.15, 0.2) is 0 Å². The van der Waals surface area contributed by atoms with Crippen LogP contribution >= 0.6 is 0 Å². The number of hydrogen-bond acceptors (Lipinski definition) is 2. The van der Waals surface area contributed by atoms with E-state index in [4.69, 9.17) is 0 Å². The summed E-state index contributed by atoms with van der Waals surface area (Å²) in [5.74, 6) is -0.376. The van der Waals surface area contributed by atoms with Gasteiger partial charge in [-0.05, 0) is 55.2 Å². The van der Waals surface area contributed by atoms with Gasteiger partial charge in [-0.15, -0.1) is 0 Å². The van der Waals surface area contributed by atoms with E-state index in [0.717, 1.165) is 11.1 Å². The Kier molecular flexibility index (Phi) is 5.35. The molecule has 1 aliphatic carbocycles. The minimum atomic E-state index is -0.376. The van der Waals surface area contributed by atoms with Crippen LogP contribution in [-0.2, 0) is 4.79 Å². The van der Waals surface area contributed by atoms with Crippen LogP contribution in [0.2, 0.25) is 0 Å². The molecule has 0 bridgehead atoms. The van der Waals surface area contributed by atoms with Gasteiger partial charge in [0.05, 0.1) is 0 Å². The normalized spacial score (nSPS) is 15.6. The van der Waals surface area contributed by atoms with Crippen LogP contribution in [0.15, 0.2) is 48.3 Å². The molecule has 1 amide bonds. The molecule has 3 rings (SSSR count). The first kappa shape index (κ1) is 17.0. The molecule has 0 spiro atoms. The Hall–Kier alpha value is -2.80. The highest BCUT2D eigenvalue weighted by atomic mass is 16.1. The summed E-state index contributed by atoms with van der Waals surface area (Å²) in [6.45, 7) is 1.96. The minimum absolute atomic E-state index is 0.114. The van der Waals surface area contributed by atoms with E-state index < -0.39 is 0 Å². The zero-order valence-electron chi connectivity index (χ0n) is 14.5. The molecule has 1 N–H and O–H groups in total. The van der Waals surface area contributed by atoms with Gasteiger partial charge >= 0.3 is 0 Å². The molecule has 2 aromatic rings. The fraction of sp³-hybridized carbons (Fsp3) is 0.333. The van der Waals surface area contributed by atoms with Crippen molar-refractivity contribution in [1.82, 2.24) is 4.57 Å². The molecule has 1 aromatic heterocycles. The number of nitrogens with zero attached hydrogens (tertiary/aromatic N) is 2. The topological polar surface area (TPSA) is 57.8 Å². The molecule has 4 heteroatoms. The molecule has 1 aromatic carbocycles. The molecule has 0 aliphatic heterocycles. The molecule has 0 atom stereocenters. The smallest absolute Gasteiger partial charge is 0.266 e. The lowest BCUT2D eigenvalue weighted by atomic mass is 9.95. The monoisotopic (exact) mass is 333 g/mol. The van der Waals surface area contributed by atoms with Crippen LogP contribution in [0.3, 0.4) is 0 Å². The highest BCUT2D eigenvalue weighted by Crippen LogP contribution is 2.28. The molecule has 1 saturated carbocycles. The van der Waals surface area contributed by atoms with Gasteiger partial charge in [-0.25, -0.2) is 0 Å².